The summed E-state index contributed by atoms with van der Waals surface area (Å²) < 4.78 is 53.4. The van der Waals surface area contributed by atoms with E-state index in [0.717, 1.165) is 11.9 Å². The number of fused-ring (bicyclic) bond motifs is 1. The van der Waals surface area contributed by atoms with Crippen molar-refractivity contribution in [2.24, 2.45) is 10.7 Å². The predicted octanol–water partition coefficient (Wildman–Crippen LogP) is 3.84. The second-order valence-corrected chi connectivity index (χ2v) is 7.27. The summed E-state index contributed by atoms with van der Waals surface area (Å²) >= 11 is 0. The molecule has 5 rings (SSSR count). The number of aliphatic imine (C=N–C) groups is 1. The maximum Gasteiger partial charge on any atom is 0.421 e. The number of nitrogens with one attached hydrogen (secondary N) is 2. The number of allylic oxidation sites excluding steroid dienone is 1. The summed E-state index contributed by atoms with van der Waals surface area (Å²) in [6.07, 6.45) is -0.133. The predicted molar refractivity (Wildman–Crippen MR) is 113 cm³/mol. The maximum absolute atomic E-state index is 13.7. The smallest absolute Gasteiger partial charge is 0.421 e. The van der Waals surface area contributed by atoms with Crippen LogP contribution in [0.1, 0.15) is 5.56 Å². The van der Waals surface area contributed by atoms with Crippen LogP contribution in [0.25, 0.3) is 5.69 Å². The molecule has 10 heteroatoms. The Morgan fingerprint density at radius 2 is 1.75 bits per heavy atom. The topological polar surface area (TPSA) is 85.8 Å². The molecular formula is C22H18F3N5O2. The number of hydrogen-bond donors (Lipinski definition) is 3. The van der Waals surface area contributed by atoms with E-state index >= 15 is 0 Å². The third kappa shape index (κ3) is 3.65. The number of nitrogens with zero attached hydrogens (tertiary/aromatic N) is 2. The van der Waals surface area contributed by atoms with E-state index in [1.807, 2.05) is 41.2 Å². The van der Waals surface area contributed by atoms with Gasteiger partial charge in [-0.3, -0.25) is 5.73 Å². The molecule has 0 saturated heterocycles. The Balaban J connectivity index is 1.45. The first-order valence-electron chi connectivity index (χ1n) is 9.66. The van der Waals surface area contributed by atoms with Gasteiger partial charge >= 0.3 is 6.18 Å². The summed E-state index contributed by atoms with van der Waals surface area (Å²) in [5.41, 5.74) is 7.17. The summed E-state index contributed by atoms with van der Waals surface area (Å²) in [7, 11) is 0. The standard InChI is InChI=1S/C22H18F3N5O2/c23-21(24,25)17-12-27-22(26,14-3-6-16(7-4-14)30-9-1-2-10-30)29-20(17)28-15-5-8-18-19(11-15)32-13-31-18/h1-12,28-29H,13,26H2. The Morgan fingerprint density at radius 1 is 1.03 bits per heavy atom. The number of benzene rings is 2. The van der Waals surface area contributed by atoms with Gasteiger partial charge < -0.3 is 24.7 Å². The van der Waals surface area contributed by atoms with Crippen molar-refractivity contribution in [1.29, 1.82) is 0 Å². The van der Waals surface area contributed by atoms with E-state index in [9.17, 15) is 13.2 Å². The van der Waals surface area contributed by atoms with Crippen molar-refractivity contribution in [1.82, 2.24) is 9.88 Å². The van der Waals surface area contributed by atoms with Crippen LogP contribution in [0.4, 0.5) is 18.9 Å². The average molecular weight is 441 g/mol. The monoisotopic (exact) mass is 441 g/mol. The number of halogens is 3. The third-order valence-corrected chi connectivity index (χ3v) is 5.14. The molecule has 0 saturated carbocycles. The lowest BCUT2D eigenvalue weighted by atomic mass is 10.1. The Kier molecular flexibility index (Phi) is 4.59. The Labute approximate surface area is 181 Å². The highest BCUT2D eigenvalue weighted by molar-refractivity contribution is 5.84. The van der Waals surface area contributed by atoms with Crippen LogP contribution < -0.4 is 25.8 Å². The number of alkyl halides is 3. The van der Waals surface area contributed by atoms with Crippen molar-refractivity contribution >= 4 is 11.9 Å². The zero-order valence-corrected chi connectivity index (χ0v) is 16.6. The van der Waals surface area contributed by atoms with E-state index in [2.05, 4.69) is 15.6 Å². The van der Waals surface area contributed by atoms with E-state index in [1.54, 1.807) is 30.3 Å². The first kappa shape index (κ1) is 20.0. The van der Waals surface area contributed by atoms with Gasteiger partial charge in [-0.1, -0.05) is 12.1 Å². The first-order valence-corrected chi connectivity index (χ1v) is 9.66. The van der Waals surface area contributed by atoms with Crippen LogP contribution in [0.3, 0.4) is 0 Å². The largest absolute Gasteiger partial charge is 0.454 e. The second kappa shape index (κ2) is 7.34. The van der Waals surface area contributed by atoms with E-state index in [1.165, 1.54) is 0 Å². The summed E-state index contributed by atoms with van der Waals surface area (Å²) in [6.45, 7) is 0.0606. The summed E-state index contributed by atoms with van der Waals surface area (Å²) in [4.78, 5) is 3.99. The summed E-state index contributed by atoms with van der Waals surface area (Å²) in [5.74, 6) is -0.950. The molecule has 1 aromatic heterocycles. The molecule has 2 aliphatic heterocycles. The number of aromatic nitrogens is 1. The zero-order valence-electron chi connectivity index (χ0n) is 16.6. The first-order chi connectivity index (χ1) is 15.3. The molecule has 3 heterocycles. The van der Waals surface area contributed by atoms with Crippen molar-refractivity contribution in [2.75, 3.05) is 12.1 Å². The molecule has 0 bridgehead atoms. The van der Waals surface area contributed by atoms with Crippen molar-refractivity contribution in [3.05, 3.63) is 83.9 Å². The molecule has 0 amide bonds. The van der Waals surface area contributed by atoms with Gasteiger partial charge in [0.25, 0.3) is 0 Å². The second-order valence-electron chi connectivity index (χ2n) is 7.27. The SMILES string of the molecule is NC1(c2ccc(-n3cccc3)cc2)N=CC(C(F)(F)F)=C(Nc2ccc3c(c2)OCO3)N1. The van der Waals surface area contributed by atoms with Gasteiger partial charge in [-0.05, 0) is 36.4 Å². The van der Waals surface area contributed by atoms with Crippen LogP contribution >= 0.6 is 0 Å². The average Bonchev–Trinajstić information content (AvgIpc) is 3.45. The van der Waals surface area contributed by atoms with Crippen LogP contribution in [0.5, 0.6) is 11.5 Å². The van der Waals surface area contributed by atoms with Gasteiger partial charge in [0.1, 0.15) is 11.4 Å². The van der Waals surface area contributed by atoms with Gasteiger partial charge in [0.15, 0.2) is 11.5 Å². The van der Waals surface area contributed by atoms with Crippen LogP contribution in [0.2, 0.25) is 0 Å². The molecule has 0 aliphatic carbocycles. The lowest BCUT2D eigenvalue weighted by Crippen LogP contribution is -2.52. The molecule has 164 valence electrons. The number of ether oxygens (including phenoxy) is 2. The fourth-order valence-corrected chi connectivity index (χ4v) is 3.49. The minimum absolute atomic E-state index is 0.0606. The Hall–Kier alpha value is -3.92. The highest BCUT2D eigenvalue weighted by Crippen LogP contribution is 2.36. The zero-order chi connectivity index (χ0) is 22.3. The molecule has 1 unspecified atom stereocenters. The Morgan fingerprint density at radius 3 is 2.47 bits per heavy atom. The Bertz CT molecular complexity index is 1200. The molecule has 4 N–H and O–H groups in total. The fraction of sp³-hybridized carbons (Fsp3) is 0.136. The van der Waals surface area contributed by atoms with E-state index < -0.39 is 17.5 Å². The molecule has 1 atom stereocenters. The number of anilines is 1. The molecule has 32 heavy (non-hydrogen) atoms. The van der Waals surface area contributed by atoms with Crippen molar-refractivity contribution < 1.29 is 22.6 Å². The molecule has 0 fully saturated rings. The van der Waals surface area contributed by atoms with Crippen LogP contribution in [0, 0.1) is 0 Å². The number of nitrogens with two attached hydrogens (primary N) is 1. The van der Waals surface area contributed by atoms with Crippen molar-refractivity contribution in [2.45, 2.75) is 12.0 Å². The molecule has 0 spiro atoms. The molecular weight excluding hydrogens is 423 g/mol. The molecule has 7 nitrogen and oxygen atoms in total. The van der Waals surface area contributed by atoms with Gasteiger partial charge in [0, 0.05) is 41.6 Å². The van der Waals surface area contributed by atoms with Gasteiger partial charge in [0.2, 0.25) is 12.6 Å². The van der Waals surface area contributed by atoms with Gasteiger partial charge in [-0.15, -0.1) is 0 Å². The molecule has 2 aromatic carbocycles. The van der Waals surface area contributed by atoms with Crippen LogP contribution in [-0.4, -0.2) is 23.8 Å². The highest BCUT2D eigenvalue weighted by atomic mass is 19.4. The van der Waals surface area contributed by atoms with Crippen LogP contribution in [-0.2, 0) is 5.79 Å². The maximum atomic E-state index is 13.7. The highest BCUT2D eigenvalue weighted by Gasteiger charge is 2.41. The number of hydrogen-bond acceptors (Lipinski definition) is 6. The third-order valence-electron chi connectivity index (χ3n) is 5.14. The summed E-state index contributed by atoms with van der Waals surface area (Å²) in [6, 6.07) is 15.6. The lowest BCUT2D eigenvalue weighted by Gasteiger charge is -2.34. The lowest BCUT2D eigenvalue weighted by molar-refractivity contribution is -0.0871. The normalized spacial score (nSPS) is 19.8. The molecule has 2 aliphatic rings. The summed E-state index contributed by atoms with van der Waals surface area (Å²) in [5, 5.41) is 5.49. The van der Waals surface area contributed by atoms with Crippen molar-refractivity contribution in [3.8, 4) is 17.2 Å². The fourth-order valence-electron chi connectivity index (χ4n) is 3.49. The quantitative estimate of drug-likeness (QED) is 0.573. The van der Waals surface area contributed by atoms with E-state index in [-0.39, 0.29) is 12.6 Å². The van der Waals surface area contributed by atoms with Gasteiger partial charge in [0.05, 0.1) is 0 Å². The van der Waals surface area contributed by atoms with Crippen LogP contribution in [0.15, 0.2) is 83.4 Å². The van der Waals surface area contributed by atoms with E-state index in [4.69, 9.17) is 15.2 Å². The molecule has 0 radical (unpaired) electrons. The minimum Gasteiger partial charge on any atom is -0.454 e. The van der Waals surface area contributed by atoms with Crippen molar-refractivity contribution in [3.63, 3.8) is 0 Å². The number of rotatable bonds is 4. The molecule has 3 aromatic rings. The van der Waals surface area contributed by atoms with Gasteiger partial charge in [-0.2, -0.15) is 13.2 Å². The van der Waals surface area contributed by atoms with Gasteiger partial charge in [-0.25, -0.2) is 4.99 Å². The minimum atomic E-state index is -4.64. The van der Waals surface area contributed by atoms with E-state index in [0.29, 0.717) is 22.7 Å².